The molecule has 0 radical (unpaired) electrons. The van der Waals surface area contributed by atoms with E-state index in [1.165, 1.54) is 11.3 Å². The molecule has 1 atom stereocenters. The van der Waals surface area contributed by atoms with Crippen molar-refractivity contribution in [3.05, 3.63) is 50.7 Å². The van der Waals surface area contributed by atoms with Gasteiger partial charge in [0.25, 0.3) is 0 Å². The van der Waals surface area contributed by atoms with Crippen LogP contribution in [0.25, 0.3) is 0 Å². The number of sulfonamides is 1. The van der Waals surface area contributed by atoms with Gasteiger partial charge >= 0.3 is 6.09 Å². The van der Waals surface area contributed by atoms with Gasteiger partial charge in [-0.2, -0.15) is 0 Å². The van der Waals surface area contributed by atoms with Crippen LogP contribution in [0.15, 0.2) is 30.3 Å². The Hall–Kier alpha value is -2.14. The van der Waals surface area contributed by atoms with E-state index in [0.29, 0.717) is 48.9 Å². The summed E-state index contributed by atoms with van der Waals surface area (Å²) in [7, 11) is -3.63. The van der Waals surface area contributed by atoms with E-state index in [9.17, 15) is 18.0 Å². The summed E-state index contributed by atoms with van der Waals surface area (Å²) in [6, 6.07) is 8.55. The molecule has 0 aliphatic carbocycles. The number of rotatable bonds is 6. The van der Waals surface area contributed by atoms with Gasteiger partial charge in [-0.3, -0.25) is 4.79 Å². The molecule has 2 amide bonds. The van der Waals surface area contributed by atoms with Crippen molar-refractivity contribution in [2.45, 2.75) is 58.2 Å². The zero-order valence-corrected chi connectivity index (χ0v) is 22.4. The van der Waals surface area contributed by atoms with Crippen molar-refractivity contribution in [2.75, 3.05) is 23.7 Å². The van der Waals surface area contributed by atoms with E-state index in [1.54, 1.807) is 15.9 Å². The Kier molecular flexibility index (Phi) is 7.47. The molecule has 1 N–H and O–H groups in total. The van der Waals surface area contributed by atoms with Crippen molar-refractivity contribution in [2.24, 2.45) is 0 Å². The summed E-state index contributed by atoms with van der Waals surface area (Å²) >= 11 is 7.26. The van der Waals surface area contributed by atoms with E-state index in [-0.39, 0.29) is 17.8 Å². The summed E-state index contributed by atoms with van der Waals surface area (Å²) in [5.74, 6) is -0.375. The van der Waals surface area contributed by atoms with Crippen molar-refractivity contribution in [1.29, 1.82) is 0 Å². The van der Waals surface area contributed by atoms with Crippen LogP contribution >= 0.6 is 22.9 Å². The number of fused-ring (bicyclic) bond motifs is 1. The number of anilines is 1. The molecule has 2 aliphatic rings. The maximum Gasteiger partial charge on any atom is 0.410 e. The molecule has 1 saturated heterocycles. The van der Waals surface area contributed by atoms with Gasteiger partial charge in [0.2, 0.25) is 15.9 Å². The minimum atomic E-state index is -3.63. The van der Waals surface area contributed by atoms with E-state index < -0.39 is 21.7 Å². The maximum absolute atomic E-state index is 13.1. The number of thiophene rings is 1. The molecule has 1 fully saturated rings. The molecule has 35 heavy (non-hydrogen) atoms. The zero-order chi connectivity index (χ0) is 25.4. The van der Waals surface area contributed by atoms with Crippen LogP contribution in [0.5, 0.6) is 0 Å². The molecule has 0 unspecified atom stereocenters. The van der Waals surface area contributed by atoms with E-state index in [4.69, 9.17) is 16.3 Å². The average Bonchev–Trinajstić information content (AvgIpc) is 3.35. The second-order valence-electron chi connectivity index (χ2n) is 9.83. The quantitative estimate of drug-likeness (QED) is 0.599. The molecular formula is C24H30ClN3O5S2. The summed E-state index contributed by atoms with van der Waals surface area (Å²) < 4.78 is 33.9. The number of halogens is 1. The zero-order valence-electron chi connectivity index (χ0n) is 20.0. The third-order valence-corrected chi connectivity index (χ3v) is 8.61. The summed E-state index contributed by atoms with van der Waals surface area (Å²) in [5, 5.41) is 0. The number of carbonyl (C=O) groups excluding carboxylic acids is 2. The van der Waals surface area contributed by atoms with E-state index in [0.717, 1.165) is 16.0 Å². The molecule has 2 aromatic rings. The molecular weight excluding hydrogens is 510 g/mol. The third kappa shape index (κ3) is 6.55. The van der Waals surface area contributed by atoms with Gasteiger partial charge in [-0.25, -0.2) is 17.9 Å². The van der Waals surface area contributed by atoms with Gasteiger partial charge in [0.15, 0.2) is 0 Å². The number of hydrogen-bond acceptors (Lipinski definition) is 6. The van der Waals surface area contributed by atoms with Crippen molar-refractivity contribution < 1.29 is 22.7 Å². The first kappa shape index (κ1) is 25.9. The first-order chi connectivity index (χ1) is 16.4. The van der Waals surface area contributed by atoms with Crippen LogP contribution in [0.1, 0.15) is 43.2 Å². The lowest BCUT2D eigenvalue weighted by molar-refractivity contribution is -0.118. The molecule has 0 spiro atoms. The van der Waals surface area contributed by atoms with E-state index in [1.807, 2.05) is 45.0 Å². The normalized spacial score (nSPS) is 18.6. The Morgan fingerprint density at radius 3 is 2.66 bits per heavy atom. The monoisotopic (exact) mass is 539 g/mol. The number of ether oxygens (including phenoxy) is 1. The highest BCUT2D eigenvalue weighted by Crippen LogP contribution is 2.29. The van der Waals surface area contributed by atoms with Crippen LogP contribution in [0.3, 0.4) is 0 Å². The lowest BCUT2D eigenvalue weighted by atomic mass is 9.99. The van der Waals surface area contributed by atoms with Crippen molar-refractivity contribution in [3.63, 3.8) is 0 Å². The van der Waals surface area contributed by atoms with Crippen LogP contribution < -0.4 is 9.62 Å². The Morgan fingerprint density at radius 2 is 1.97 bits per heavy atom. The highest BCUT2D eigenvalue weighted by molar-refractivity contribution is 7.89. The minimum Gasteiger partial charge on any atom is -0.444 e. The van der Waals surface area contributed by atoms with E-state index >= 15 is 0 Å². The topological polar surface area (TPSA) is 96.0 Å². The lowest BCUT2D eigenvalue weighted by Crippen LogP contribution is -2.42. The van der Waals surface area contributed by atoms with Crippen LogP contribution in [0, 0.1) is 0 Å². The van der Waals surface area contributed by atoms with Gasteiger partial charge in [-0.1, -0.05) is 17.7 Å². The van der Waals surface area contributed by atoms with Crippen LogP contribution in [-0.2, 0) is 38.9 Å². The predicted octanol–water partition coefficient (Wildman–Crippen LogP) is 3.96. The smallest absolute Gasteiger partial charge is 0.410 e. The van der Waals surface area contributed by atoms with Crippen molar-refractivity contribution >= 4 is 50.6 Å². The second kappa shape index (κ2) is 10.1. The Labute approximate surface area is 215 Å². The second-order valence-corrected chi connectivity index (χ2v) is 13.5. The fourth-order valence-corrected chi connectivity index (χ4v) is 6.71. The molecule has 3 heterocycles. The molecule has 8 nitrogen and oxygen atoms in total. The van der Waals surface area contributed by atoms with Gasteiger partial charge in [-0.05, 0) is 75.4 Å². The highest BCUT2D eigenvalue weighted by Gasteiger charge is 2.36. The molecule has 4 rings (SSSR count). The molecule has 2 aliphatic heterocycles. The minimum absolute atomic E-state index is 0.104. The van der Waals surface area contributed by atoms with Gasteiger partial charge < -0.3 is 14.5 Å². The maximum atomic E-state index is 13.1. The van der Waals surface area contributed by atoms with Gasteiger partial charge in [0.1, 0.15) is 11.6 Å². The summed E-state index contributed by atoms with van der Waals surface area (Å²) in [5.41, 5.74) is 2.23. The lowest BCUT2D eigenvalue weighted by Gasteiger charge is -2.32. The number of nitrogens with one attached hydrogen (secondary N) is 1. The van der Waals surface area contributed by atoms with Gasteiger partial charge in [-0.15, -0.1) is 11.3 Å². The number of carbonyl (C=O) groups is 2. The molecule has 1 aromatic heterocycles. The number of benzene rings is 1. The highest BCUT2D eigenvalue weighted by atomic mass is 35.5. The Bertz CT molecular complexity index is 1220. The van der Waals surface area contributed by atoms with Crippen molar-refractivity contribution in [3.8, 4) is 0 Å². The summed E-state index contributed by atoms with van der Waals surface area (Å²) in [6.07, 6.45) is 1.09. The van der Waals surface area contributed by atoms with Gasteiger partial charge in [0, 0.05) is 30.2 Å². The SMILES string of the molecule is CC(C)(C)OC(=O)N1CCc2ccc(N3CC[C@H](NS(=O)(=O)CCc4ccc(Cl)s4)C3=O)cc2C1. The number of aryl methyl sites for hydroxylation is 1. The van der Waals surface area contributed by atoms with Crippen LogP contribution in [0.4, 0.5) is 10.5 Å². The standard InChI is InChI=1S/C24H30ClN3O5S2/c1-24(2,3)33-23(30)27-11-8-16-4-5-18(14-17(16)15-27)28-12-9-20(22(28)29)26-35(31,32)13-10-19-6-7-21(25)34-19/h4-7,14,20,26H,8-13,15H2,1-3H3/t20-/m0/s1. The van der Waals surface area contributed by atoms with Crippen LogP contribution in [0.2, 0.25) is 4.34 Å². The fraction of sp³-hybridized carbons (Fsp3) is 0.500. The first-order valence-corrected chi connectivity index (χ1v) is 14.4. The largest absolute Gasteiger partial charge is 0.444 e. The summed E-state index contributed by atoms with van der Waals surface area (Å²) in [4.78, 5) is 29.7. The molecule has 1 aromatic carbocycles. The number of hydrogen-bond donors (Lipinski definition) is 1. The average molecular weight is 540 g/mol. The Balaban J connectivity index is 1.39. The van der Waals surface area contributed by atoms with Gasteiger partial charge in [0.05, 0.1) is 10.1 Å². The predicted molar refractivity (Wildman–Crippen MR) is 138 cm³/mol. The number of amides is 2. The molecule has 190 valence electrons. The first-order valence-electron chi connectivity index (χ1n) is 11.6. The van der Waals surface area contributed by atoms with Crippen molar-refractivity contribution in [1.82, 2.24) is 9.62 Å². The summed E-state index contributed by atoms with van der Waals surface area (Å²) in [6.45, 7) is 6.91. The molecule has 0 saturated carbocycles. The van der Waals surface area contributed by atoms with E-state index in [2.05, 4.69) is 4.72 Å². The number of nitrogens with zero attached hydrogens (tertiary/aromatic N) is 2. The van der Waals surface area contributed by atoms with Crippen LogP contribution in [-0.4, -0.2) is 55.8 Å². The third-order valence-electron chi connectivity index (χ3n) is 5.94. The Morgan fingerprint density at radius 1 is 1.20 bits per heavy atom. The molecule has 0 bridgehead atoms. The molecule has 11 heteroatoms. The fourth-order valence-electron chi connectivity index (χ4n) is 4.24.